The number of hydrogen-bond acceptors (Lipinski definition) is 2. The summed E-state index contributed by atoms with van der Waals surface area (Å²) in [6.45, 7) is 2.77. The SMILES string of the molecule is CCCCCCCCCCCCCN=O. The number of nitroso groups, excluding NO2 is 1. The minimum atomic E-state index is 0.511. The van der Waals surface area contributed by atoms with Gasteiger partial charge in [-0.1, -0.05) is 76.3 Å². The van der Waals surface area contributed by atoms with Crippen LogP contribution in [0.5, 0.6) is 0 Å². The van der Waals surface area contributed by atoms with Gasteiger partial charge in [-0.25, -0.2) is 0 Å². The van der Waals surface area contributed by atoms with Gasteiger partial charge < -0.3 is 0 Å². The lowest BCUT2D eigenvalue weighted by atomic mass is 10.1. The molecule has 0 aliphatic rings. The zero-order valence-electron chi connectivity index (χ0n) is 10.3. The van der Waals surface area contributed by atoms with Crippen LogP contribution in [0.4, 0.5) is 0 Å². The molecule has 0 unspecified atom stereocenters. The van der Waals surface area contributed by atoms with Gasteiger partial charge in [-0.2, -0.15) is 4.91 Å². The number of unbranched alkanes of at least 4 members (excludes halogenated alkanes) is 10. The summed E-state index contributed by atoms with van der Waals surface area (Å²) >= 11 is 0. The van der Waals surface area contributed by atoms with Gasteiger partial charge in [0, 0.05) is 0 Å². The normalized spacial score (nSPS) is 10.5. The molecule has 0 amide bonds. The topological polar surface area (TPSA) is 29.4 Å². The monoisotopic (exact) mass is 213 g/mol. The van der Waals surface area contributed by atoms with Gasteiger partial charge in [0.15, 0.2) is 0 Å². The average Bonchev–Trinajstić information content (AvgIpc) is 2.26. The molecule has 0 saturated heterocycles. The molecule has 15 heavy (non-hydrogen) atoms. The van der Waals surface area contributed by atoms with Crippen LogP contribution >= 0.6 is 0 Å². The van der Waals surface area contributed by atoms with E-state index in [1.54, 1.807) is 0 Å². The highest BCUT2D eigenvalue weighted by Crippen LogP contribution is 2.11. The maximum Gasteiger partial charge on any atom is 0.0811 e. The molecule has 0 aliphatic heterocycles. The fourth-order valence-electron chi connectivity index (χ4n) is 1.84. The van der Waals surface area contributed by atoms with E-state index in [0.29, 0.717) is 6.54 Å². The Labute approximate surface area is 94.8 Å². The van der Waals surface area contributed by atoms with Crippen molar-refractivity contribution in [1.29, 1.82) is 0 Å². The number of hydrogen-bond donors (Lipinski definition) is 0. The van der Waals surface area contributed by atoms with Crippen LogP contribution < -0.4 is 0 Å². The zero-order valence-corrected chi connectivity index (χ0v) is 10.3. The number of rotatable bonds is 12. The summed E-state index contributed by atoms with van der Waals surface area (Å²) < 4.78 is 0. The van der Waals surface area contributed by atoms with Gasteiger partial charge in [-0.15, -0.1) is 0 Å². The smallest absolute Gasteiger partial charge is 0.0811 e. The molecule has 0 N–H and O–H groups in total. The quantitative estimate of drug-likeness (QED) is 0.329. The predicted octanol–water partition coefficient (Wildman–Crippen LogP) is 5.06. The molecule has 0 spiro atoms. The van der Waals surface area contributed by atoms with Crippen molar-refractivity contribution >= 4 is 0 Å². The molecular weight excluding hydrogens is 186 g/mol. The van der Waals surface area contributed by atoms with Crippen molar-refractivity contribution in [3.8, 4) is 0 Å². The Morgan fingerprint density at radius 3 is 1.47 bits per heavy atom. The second-order valence-electron chi connectivity index (χ2n) is 4.39. The van der Waals surface area contributed by atoms with Gasteiger partial charge in [-0.05, 0) is 6.42 Å². The van der Waals surface area contributed by atoms with Gasteiger partial charge in [0.05, 0.1) is 6.54 Å². The lowest BCUT2D eigenvalue weighted by Crippen LogP contribution is -1.83. The Kier molecular flexibility index (Phi) is 13.2. The highest BCUT2D eigenvalue weighted by Gasteiger charge is 1.92. The molecule has 0 aromatic rings. The van der Waals surface area contributed by atoms with E-state index in [1.165, 1.54) is 64.2 Å². The van der Waals surface area contributed by atoms with Crippen LogP contribution in [0.1, 0.15) is 77.6 Å². The van der Waals surface area contributed by atoms with Crippen LogP contribution in [0, 0.1) is 4.91 Å². The zero-order chi connectivity index (χ0) is 11.2. The Hall–Kier alpha value is -0.400. The average molecular weight is 213 g/mol. The molecule has 0 aromatic carbocycles. The Morgan fingerprint density at radius 1 is 0.667 bits per heavy atom. The molecule has 0 aliphatic carbocycles. The van der Waals surface area contributed by atoms with E-state index in [0.717, 1.165) is 6.42 Å². The van der Waals surface area contributed by atoms with Crippen molar-refractivity contribution in [2.75, 3.05) is 6.54 Å². The Bertz CT molecular complexity index is 126. The molecule has 0 radical (unpaired) electrons. The minimum Gasteiger partial charge on any atom is -0.151 e. The van der Waals surface area contributed by atoms with E-state index in [2.05, 4.69) is 12.1 Å². The Morgan fingerprint density at radius 2 is 1.07 bits per heavy atom. The van der Waals surface area contributed by atoms with E-state index in [4.69, 9.17) is 0 Å². The third kappa shape index (κ3) is 13.6. The molecule has 0 bridgehead atoms. The fourth-order valence-corrected chi connectivity index (χ4v) is 1.84. The van der Waals surface area contributed by atoms with Crippen LogP contribution in [0.25, 0.3) is 0 Å². The van der Waals surface area contributed by atoms with Crippen molar-refractivity contribution in [3.05, 3.63) is 4.91 Å². The molecule has 0 saturated carbocycles. The molecule has 2 nitrogen and oxygen atoms in total. The van der Waals surface area contributed by atoms with Crippen LogP contribution in [0.3, 0.4) is 0 Å². The Balaban J connectivity index is 2.83. The van der Waals surface area contributed by atoms with E-state index < -0.39 is 0 Å². The summed E-state index contributed by atoms with van der Waals surface area (Å²) in [5.74, 6) is 0. The van der Waals surface area contributed by atoms with Crippen LogP contribution in [0.2, 0.25) is 0 Å². The van der Waals surface area contributed by atoms with Crippen molar-refractivity contribution in [2.24, 2.45) is 5.18 Å². The lowest BCUT2D eigenvalue weighted by Gasteiger charge is -2.01. The van der Waals surface area contributed by atoms with Gasteiger partial charge in [0.1, 0.15) is 0 Å². The summed E-state index contributed by atoms with van der Waals surface area (Å²) in [5, 5.41) is 2.86. The van der Waals surface area contributed by atoms with Crippen molar-refractivity contribution in [1.82, 2.24) is 0 Å². The number of nitrogens with zero attached hydrogens (tertiary/aromatic N) is 1. The van der Waals surface area contributed by atoms with E-state index >= 15 is 0 Å². The van der Waals surface area contributed by atoms with Gasteiger partial charge in [-0.3, -0.25) is 0 Å². The van der Waals surface area contributed by atoms with Crippen molar-refractivity contribution in [2.45, 2.75) is 77.6 Å². The molecule has 90 valence electrons. The van der Waals surface area contributed by atoms with Crippen LogP contribution in [0.15, 0.2) is 5.18 Å². The minimum absolute atomic E-state index is 0.511. The summed E-state index contributed by atoms with van der Waals surface area (Å²) in [4.78, 5) is 9.82. The second-order valence-corrected chi connectivity index (χ2v) is 4.39. The molecule has 0 heterocycles. The van der Waals surface area contributed by atoms with Gasteiger partial charge >= 0.3 is 0 Å². The summed E-state index contributed by atoms with van der Waals surface area (Å²) in [6, 6.07) is 0. The molecule has 0 rings (SSSR count). The first-order valence-electron chi connectivity index (χ1n) is 6.71. The first-order valence-corrected chi connectivity index (χ1v) is 6.71. The van der Waals surface area contributed by atoms with Crippen LogP contribution in [-0.2, 0) is 0 Å². The molecule has 0 aromatic heterocycles. The molecule has 2 heteroatoms. The summed E-state index contributed by atoms with van der Waals surface area (Å²) in [6.07, 6.45) is 14.6. The van der Waals surface area contributed by atoms with Crippen LogP contribution in [-0.4, -0.2) is 6.54 Å². The van der Waals surface area contributed by atoms with E-state index in [9.17, 15) is 4.91 Å². The highest BCUT2D eigenvalue weighted by molar-refractivity contribution is 4.49. The summed E-state index contributed by atoms with van der Waals surface area (Å²) in [5.41, 5.74) is 0. The third-order valence-corrected chi connectivity index (χ3v) is 2.85. The van der Waals surface area contributed by atoms with Crippen molar-refractivity contribution in [3.63, 3.8) is 0 Å². The van der Waals surface area contributed by atoms with Crippen molar-refractivity contribution < 1.29 is 0 Å². The van der Waals surface area contributed by atoms with E-state index in [-0.39, 0.29) is 0 Å². The van der Waals surface area contributed by atoms with Gasteiger partial charge in [0.25, 0.3) is 0 Å². The second kappa shape index (κ2) is 13.6. The first kappa shape index (κ1) is 14.6. The third-order valence-electron chi connectivity index (χ3n) is 2.85. The lowest BCUT2D eigenvalue weighted by molar-refractivity contribution is 0.551. The van der Waals surface area contributed by atoms with E-state index in [1.807, 2.05) is 0 Å². The molecule has 0 atom stereocenters. The summed E-state index contributed by atoms with van der Waals surface area (Å²) in [7, 11) is 0. The molecule has 0 fully saturated rings. The fraction of sp³-hybridized carbons (Fsp3) is 1.00. The highest BCUT2D eigenvalue weighted by atomic mass is 16.3. The largest absolute Gasteiger partial charge is 0.151 e. The molecular formula is C13H27NO. The maximum atomic E-state index is 9.82. The maximum absolute atomic E-state index is 9.82. The first-order chi connectivity index (χ1) is 7.41. The van der Waals surface area contributed by atoms with Gasteiger partial charge in [0.2, 0.25) is 0 Å². The standard InChI is InChI=1S/C13H27NO/c1-2-3-4-5-6-7-8-9-10-11-12-13-14-15/h2-13H2,1H3. The predicted molar refractivity (Wildman–Crippen MR) is 67.1 cm³/mol.